The molecule has 0 amide bonds. The topological polar surface area (TPSA) is 64.6 Å². The van der Waals surface area contributed by atoms with Gasteiger partial charge in [0.25, 0.3) is 0 Å². The Bertz CT molecular complexity index is 518. The number of rotatable bonds is 13. The zero-order chi connectivity index (χ0) is 21.1. The maximum absolute atomic E-state index is 12.8. The zero-order valence-corrected chi connectivity index (χ0v) is 19.8. The largest absolute Gasteiger partial charge is 0.351 e. The molecule has 0 aliphatic heterocycles. The lowest BCUT2D eigenvalue weighted by Gasteiger charge is -2.27. The molecule has 0 aromatic rings. The van der Waals surface area contributed by atoms with E-state index in [9.17, 15) is 9.59 Å². The van der Waals surface area contributed by atoms with Gasteiger partial charge in [0.1, 0.15) is 0 Å². The van der Waals surface area contributed by atoms with Gasteiger partial charge in [0, 0.05) is 29.3 Å². The highest BCUT2D eigenvalue weighted by Crippen LogP contribution is 2.34. The highest BCUT2D eigenvalue weighted by Gasteiger charge is 2.33. The van der Waals surface area contributed by atoms with E-state index in [0.29, 0.717) is 47.0 Å². The van der Waals surface area contributed by atoms with Crippen LogP contribution in [-0.4, -0.2) is 40.0 Å². The summed E-state index contributed by atoms with van der Waals surface area (Å²) in [6, 6.07) is 0. The number of hydrogen-bond donors (Lipinski definition) is 1. The van der Waals surface area contributed by atoms with Gasteiger partial charge in [0.05, 0.1) is 11.3 Å². The summed E-state index contributed by atoms with van der Waals surface area (Å²) in [4.78, 5) is 31.0. The predicted molar refractivity (Wildman–Crippen MR) is 119 cm³/mol. The third kappa shape index (κ3) is 8.89. The minimum Gasteiger partial charge on any atom is -0.351 e. The van der Waals surface area contributed by atoms with Gasteiger partial charge in [-0.05, 0) is 45.3 Å². The highest BCUT2D eigenvalue weighted by atomic mass is 32.2. The maximum atomic E-state index is 12.8. The molecule has 0 saturated heterocycles. The van der Waals surface area contributed by atoms with Crippen molar-refractivity contribution in [3.8, 4) is 0 Å². The van der Waals surface area contributed by atoms with Crippen molar-refractivity contribution in [2.45, 2.75) is 89.8 Å². The molecule has 1 aliphatic rings. The normalized spacial score (nSPS) is 20.8. The summed E-state index contributed by atoms with van der Waals surface area (Å²) in [5, 5.41) is 0.439. The second-order valence-electron chi connectivity index (χ2n) is 7.17. The fraction of sp³-hybridized carbons (Fsp3) is 0.810. The van der Waals surface area contributed by atoms with E-state index in [1.54, 1.807) is 6.92 Å². The molecule has 1 fully saturated rings. The van der Waals surface area contributed by atoms with Crippen LogP contribution in [0.1, 0.15) is 73.6 Å². The SMILES string of the molecule is CCCC(NOC(C)OCC)=C1C(=O)CC(CC(C)SC(C)SCC)CC1=O. The molecule has 1 aliphatic carbocycles. The molecule has 1 saturated carbocycles. The number of thioether (sulfide) groups is 2. The number of ketones is 2. The number of hydroxylamine groups is 1. The Hall–Kier alpha value is -0.500. The van der Waals surface area contributed by atoms with Crippen molar-refractivity contribution in [3.05, 3.63) is 11.3 Å². The summed E-state index contributed by atoms with van der Waals surface area (Å²) in [6.07, 6.45) is 2.77. The summed E-state index contributed by atoms with van der Waals surface area (Å²) < 4.78 is 5.88. The average Bonchev–Trinajstić information content (AvgIpc) is 2.59. The third-order valence-corrected chi connectivity index (χ3v) is 7.13. The maximum Gasteiger partial charge on any atom is 0.180 e. The smallest absolute Gasteiger partial charge is 0.180 e. The lowest BCUT2D eigenvalue weighted by Crippen LogP contribution is -2.33. The summed E-state index contributed by atoms with van der Waals surface area (Å²) in [5.41, 5.74) is 3.74. The summed E-state index contributed by atoms with van der Waals surface area (Å²) in [5.74, 6) is 1.12. The number of nitrogens with one attached hydrogen (secondary N) is 1. The second-order valence-corrected chi connectivity index (χ2v) is 10.9. The summed E-state index contributed by atoms with van der Waals surface area (Å²) >= 11 is 3.87. The molecule has 3 atom stereocenters. The fourth-order valence-corrected chi connectivity index (χ4v) is 6.28. The van der Waals surface area contributed by atoms with E-state index >= 15 is 0 Å². The van der Waals surface area contributed by atoms with Gasteiger partial charge in [-0.1, -0.05) is 27.2 Å². The van der Waals surface area contributed by atoms with Gasteiger partial charge >= 0.3 is 0 Å². The molecule has 0 aromatic heterocycles. The van der Waals surface area contributed by atoms with E-state index in [0.717, 1.165) is 18.6 Å². The van der Waals surface area contributed by atoms with Gasteiger partial charge in [-0.3, -0.25) is 15.1 Å². The Kier molecular flexibility index (Phi) is 12.5. The Morgan fingerprint density at radius 2 is 1.79 bits per heavy atom. The highest BCUT2D eigenvalue weighted by molar-refractivity contribution is 8.17. The van der Waals surface area contributed by atoms with Crippen molar-refractivity contribution < 1.29 is 19.2 Å². The predicted octanol–water partition coefficient (Wildman–Crippen LogP) is 5.10. The minimum absolute atomic E-state index is 0.0574. The van der Waals surface area contributed by atoms with Crippen molar-refractivity contribution in [3.63, 3.8) is 0 Å². The molecule has 28 heavy (non-hydrogen) atoms. The van der Waals surface area contributed by atoms with Gasteiger partial charge in [0.15, 0.2) is 17.9 Å². The molecule has 0 bridgehead atoms. The van der Waals surface area contributed by atoms with Crippen molar-refractivity contribution in [1.82, 2.24) is 5.48 Å². The van der Waals surface area contributed by atoms with Crippen LogP contribution in [0, 0.1) is 5.92 Å². The molecule has 1 N–H and O–H groups in total. The van der Waals surface area contributed by atoms with E-state index < -0.39 is 6.29 Å². The van der Waals surface area contributed by atoms with E-state index in [-0.39, 0.29) is 17.5 Å². The van der Waals surface area contributed by atoms with Crippen molar-refractivity contribution >= 4 is 35.1 Å². The van der Waals surface area contributed by atoms with Crippen LogP contribution in [0.4, 0.5) is 0 Å². The van der Waals surface area contributed by atoms with Crippen LogP contribution in [0.3, 0.4) is 0 Å². The van der Waals surface area contributed by atoms with Crippen LogP contribution in [-0.2, 0) is 19.2 Å². The molecule has 7 heteroatoms. The molecular formula is C21H37NO4S2. The van der Waals surface area contributed by atoms with Crippen LogP contribution in [0.15, 0.2) is 11.3 Å². The number of carbonyl (C=O) groups is 2. The van der Waals surface area contributed by atoms with Crippen molar-refractivity contribution in [2.75, 3.05) is 12.4 Å². The Morgan fingerprint density at radius 1 is 1.14 bits per heavy atom. The Labute approximate surface area is 179 Å². The molecule has 0 radical (unpaired) electrons. The standard InChI is InChI=1S/C21H37NO4S2/c1-7-10-18(22-26-15(5)25-8-2)21-19(23)12-17(13-20(21)24)11-14(4)28-16(6)27-9-3/h14-17,22H,7-13H2,1-6H3. The first-order valence-electron chi connectivity index (χ1n) is 10.4. The minimum atomic E-state index is -0.445. The number of carbonyl (C=O) groups excluding carboxylic acids is 2. The van der Waals surface area contributed by atoms with E-state index in [2.05, 4.69) is 26.3 Å². The second kappa shape index (κ2) is 13.7. The van der Waals surface area contributed by atoms with Crippen molar-refractivity contribution in [2.24, 2.45) is 5.92 Å². The summed E-state index contributed by atoms with van der Waals surface area (Å²) in [6.45, 7) is 12.8. The van der Waals surface area contributed by atoms with E-state index in [1.165, 1.54) is 0 Å². The Balaban J connectivity index is 2.74. The summed E-state index contributed by atoms with van der Waals surface area (Å²) in [7, 11) is 0. The average molecular weight is 432 g/mol. The molecular weight excluding hydrogens is 394 g/mol. The number of Topliss-reactive ketones (excluding diaryl/α,β-unsaturated/α-hetero) is 2. The molecule has 162 valence electrons. The molecule has 1 rings (SSSR count). The fourth-order valence-electron chi connectivity index (χ4n) is 3.49. The zero-order valence-electron chi connectivity index (χ0n) is 18.2. The number of allylic oxidation sites excluding steroid dienone is 2. The molecule has 5 nitrogen and oxygen atoms in total. The van der Waals surface area contributed by atoms with Crippen LogP contribution < -0.4 is 5.48 Å². The van der Waals surface area contributed by atoms with Gasteiger partial charge < -0.3 is 4.74 Å². The van der Waals surface area contributed by atoms with Crippen LogP contribution >= 0.6 is 23.5 Å². The molecule has 0 spiro atoms. The van der Waals surface area contributed by atoms with Crippen molar-refractivity contribution in [1.29, 1.82) is 0 Å². The molecule has 0 heterocycles. The van der Waals surface area contributed by atoms with Crippen LogP contribution in [0.25, 0.3) is 0 Å². The van der Waals surface area contributed by atoms with Gasteiger partial charge in [-0.15, -0.1) is 23.5 Å². The first-order chi connectivity index (χ1) is 13.3. The van der Waals surface area contributed by atoms with E-state index in [1.807, 2.05) is 37.4 Å². The Morgan fingerprint density at radius 3 is 2.32 bits per heavy atom. The third-order valence-electron chi connectivity index (χ3n) is 4.55. The van der Waals surface area contributed by atoms with Crippen LogP contribution in [0.5, 0.6) is 0 Å². The monoisotopic (exact) mass is 431 g/mol. The molecule has 0 aromatic carbocycles. The van der Waals surface area contributed by atoms with Gasteiger partial charge in [-0.25, -0.2) is 4.84 Å². The molecule has 3 unspecified atom stereocenters. The lowest BCUT2D eigenvalue weighted by molar-refractivity contribution is -0.159. The first-order valence-corrected chi connectivity index (χ1v) is 12.4. The quantitative estimate of drug-likeness (QED) is 0.188. The number of ether oxygens (including phenoxy) is 1. The van der Waals surface area contributed by atoms with E-state index in [4.69, 9.17) is 9.57 Å². The first kappa shape index (κ1) is 25.5. The van der Waals surface area contributed by atoms with Gasteiger partial charge in [0.2, 0.25) is 0 Å². The van der Waals surface area contributed by atoms with Gasteiger partial charge in [-0.2, -0.15) is 0 Å². The van der Waals surface area contributed by atoms with Crippen LogP contribution in [0.2, 0.25) is 0 Å². The number of hydrogen-bond acceptors (Lipinski definition) is 7. The lowest BCUT2D eigenvalue weighted by atomic mass is 9.80.